The van der Waals surface area contributed by atoms with Crippen molar-refractivity contribution in [3.05, 3.63) is 16.3 Å². The van der Waals surface area contributed by atoms with Crippen LogP contribution in [0, 0.1) is 0 Å². The van der Waals surface area contributed by atoms with Gasteiger partial charge in [0.15, 0.2) is 0 Å². The monoisotopic (exact) mass is 223 g/mol. The number of hydrogen-bond donors (Lipinski definition) is 1. The molecule has 1 aromatic heterocycles. The van der Waals surface area contributed by atoms with Crippen molar-refractivity contribution in [2.24, 2.45) is 0 Å². The number of nitrogens with one attached hydrogen (secondary N) is 1. The average Bonchev–Trinajstić information content (AvgIpc) is 2.42. The molecule has 1 unspecified atom stereocenters. The Kier molecular flexibility index (Phi) is 2.40. The largest absolute Gasteiger partial charge is 0.490 e. The molecule has 0 aromatic carbocycles. The molecule has 1 aliphatic heterocycles. The van der Waals surface area contributed by atoms with E-state index in [9.17, 15) is 13.2 Å². The highest BCUT2D eigenvalue weighted by Gasteiger charge is 2.41. The van der Waals surface area contributed by atoms with Gasteiger partial charge in [-0.3, -0.25) is 5.32 Å². The SMILES string of the molecule is FC(F)(F)C1COc2ccsc2CN1. The van der Waals surface area contributed by atoms with Gasteiger partial charge in [0.1, 0.15) is 18.4 Å². The number of alkyl halides is 3. The molecule has 0 aliphatic carbocycles. The van der Waals surface area contributed by atoms with Gasteiger partial charge in [0.05, 0.1) is 4.88 Å². The molecular weight excluding hydrogens is 215 g/mol. The molecule has 1 N–H and O–H groups in total. The fourth-order valence-corrected chi connectivity index (χ4v) is 2.01. The highest BCUT2D eigenvalue weighted by atomic mass is 32.1. The van der Waals surface area contributed by atoms with Crippen LogP contribution in [-0.4, -0.2) is 18.8 Å². The molecule has 2 heterocycles. The van der Waals surface area contributed by atoms with Crippen LogP contribution < -0.4 is 10.1 Å². The summed E-state index contributed by atoms with van der Waals surface area (Å²) in [5, 5.41) is 4.23. The second kappa shape index (κ2) is 3.43. The van der Waals surface area contributed by atoms with Gasteiger partial charge in [-0.2, -0.15) is 13.2 Å². The molecule has 0 amide bonds. The number of hydrogen-bond acceptors (Lipinski definition) is 3. The maximum absolute atomic E-state index is 12.3. The van der Waals surface area contributed by atoms with Crippen molar-refractivity contribution >= 4 is 11.3 Å². The molecule has 0 radical (unpaired) electrons. The first kappa shape index (κ1) is 9.79. The minimum atomic E-state index is -4.24. The second-order valence-electron chi connectivity index (χ2n) is 2.99. The van der Waals surface area contributed by atoms with E-state index in [1.54, 1.807) is 11.4 Å². The fourth-order valence-electron chi connectivity index (χ4n) is 1.24. The molecule has 6 heteroatoms. The third-order valence-electron chi connectivity index (χ3n) is 2.01. The Bertz CT molecular complexity index is 300. The molecule has 1 atom stereocenters. The molecule has 2 nitrogen and oxygen atoms in total. The van der Waals surface area contributed by atoms with Crippen LogP contribution in [-0.2, 0) is 6.54 Å². The van der Waals surface area contributed by atoms with Crippen molar-refractivity contribution in [3.8, 4) is 5.75 Å². The summed E-state index contributed by atoms with van der Waals surface area (Å²) in [5.41, 5.74) is 0. The van der Waals surface area contributed by atoms with Crippen LogP contribution in [0.2, 0.25) is 0 Å². The van der Waals surface area contributed by atoms with E-state index in [0.29, 0.717) is 5.75 Å². The lowest BCUT2D eigenvalue weighted by Gasteiger charge is -2.18. The Morgan fingerprint density at radius 1 is 1.50 bits per heavy atom. The molecule has 0 spiro atoms. The maximum Gasteiger partial charge on any atom is 0.407 e. The third kappa shape index (κ3) is 1.85. The van der Waals surface area contributed by atoms with Gasteiger partial charge >= 0.3 is 6.18 Å². The molecule has 2 rings (SSSR count). The first-order valence-electron chi connectivity index (χ1n) is 4.06. The minimum Gasteiger partial charge on any atom is -0.490 e. The van der Waals surface area contributed by atoms with Gasteiger partial charge in [0, 0.05) is 6.54 Å². The number of rotatable bonds is 0. The summed E-state index contributed by atoms with van der Waals surface area (Å²) in [7, 11) is 0. The van der Waals surface area contributed by atoms with E-state index in [2.05, 4.69) is 5.32 Å². The topological polar surface area (TPSA) is 21.3 Å². The van der Waals surface area contributed by atoms with E-state index in [1.807, 2.05) is 0 Å². The first-order valence-corrected chi connectivity index (χ1v) is 4.94. The predicted octanol–water partition coefficient (Wildman–Crippen LogP) is 2.16. The minimum absolute atomic E-state index is 0.219. The quantitative estimate of drug-likeness (QED) is 0.727. The van der Waals surface area contributed by atoms with Gasteiger partial charge < -0.3 is 4.74 Å². The normalized spacial score (nSPS) is 22.4. The number of ether oxygens (including phenoxy) is 1. The zero-order chi connectivity index (χ0) is 10.2. The Balaban J connectivity index is 2.10. The van der Waals surface area contributed by atoms with Gasteiger partial charge in [-0.25, -0.2) is 0 Å². The number of halogens is 3. The molecule has 0 fully saturated rings. The van der Waals surface area contributed by atoms with Crippen LogP contribution in [0.1, 0.15) is 4.88 Å². The van der Waals surface area contributed by atoms with Gasteiger partial charge in [0.2, 0.25) is 0 Å². The summed E-state index contributed by atoms with van der Waals surface area (Å²) >= 11 is 1.40. The number of fused-ring (bicyclic) bond motifs is 1. The van der Waals surface area contributed by atoms with Crippen LogP contribution in [0.5, 0.6) is 5.75 Å². The standard InChI is InChI=1S/C8H8F3NOS/c9-8(10,11)7-4-13-5-1-2-14-6(5)3-12-7/h1-2,7,12H,3-4H2. The van der Waals surface area contributed by atoms with E-state index >= 15 is 0 Å². The fraction of sp³-hybridized carbons (Fsp3) is 0.500. The van der Waals surface area contributed by atoms with E-state index in [-0.39, 0.29) is 13.2 Å². The van der Waals surface area contributed by atoms with Crippen molar-refractivity contribution in [3.63, 3.8) is 0 Å². The second-order valence-corrected chi connectivity index (χ2v) is 3.99. The van der Waals surface area contributed by atoms with Crippen LogP contribution >= 0.6 is 11.3 Å². The summed E-state index contributed by atoms with van der Waals surface area (Å²) in [4.78, 5) is 0.816. The van der Waals surface area contributed by atoms with Gasteiger partial charge in [0.25, 0.3) is 0 Å². The lowest BCUT2D eigenvalue weighted by atomic mass is 10.3. The number of thiophene rings is 1. The van der Waals surface area contributed by atoms with E-state index in [1.165, 1.54) is 11.3 Å². The molecule has 0 bridgehead atoms. The van der Waals surface area contributed by atoms with Crippen molar-refractivity contribution in [2.45, 2.75) is 18.8 Å². The predicted molar refractivity (Wildman–Crippen MR) is 46.5 cm³/mol. The Hall–Kier alpha value is -0.750. The first-order chi connectivity index (χ1) is 6.57. The van der Waals surface area contributed by atoms with E-state index < -0.39 is 12.2 Å². The van der Waals surface area contributed by atoms with Crippen LogP contribution in [0.4, 0.5) is 13.2 Å². The molecule has 78 valence electrons. The van der Waals surface area contributed by atoms with Crippen molar-refractivity contribution < 1.29 is 17.9 Å². The highest BCUT2D eigenvalue weighted by molar-refractivity contribution is 7.10. The van der Waals surface area contributed by atoms with Crippen molar-refractivity contribution in [2.75, 3.05) is 6.61 Å². The lowest BCUT2D eigenvalue weighted by Crippen LogP contribution is -2.44. The summed E-state index contributed by atoms with van der Waals surface area (Å²) in [5.74, 6) is 0.564. The zero-order valence-electron chi connectivity index (χ0n) is 7.10. The maximum atomic E-state index is 12.3. The van der Waals surface area contributed by atoms with Gasteiger partial charge in [-0.15, -0.1) is 11.3 Å². The molecule has 14 heavy (non-hydrogen) atoms. The Morgan fingerprint density at radius 3 is 3.00 bits per heavy atom. The third-order valence-corrected chi connectivity index (χ3v) is 2.92. The van der Waals surface area contributed by atoms with Gasteiger partial charge in [-0.05, 0) is 11.4 Å². The van der Waals surface area contributed by atoms with Crippen molar-refractivity contribution in [1.29, 1.82) is 0 Å². The van der Waals surface area contributed by atoms with Gasteiger partial charge in [-0.1, -0.05) is 0 Å². The van der Waals surface area contributed by atoms with E-state index in [0.717, 1.165) is 4.88 Å². The lowest BCUT2D eigenvalue weighted by molar-refractivity contribution is -0.161. The van der Waals surface area contributed by atoms with Crippen LogP contribution in [0.3, 0.4) is 0 Å². The molecular formula is C8H8F3NOS. The Labute approximate surface area is 82.7 Å². The average molecular weight is 223 g/mol. The smallest absolute Gasteiger partial charge is 0.407 e. The summed E-state index contributed by atoms with van der Waals surface area (Å²) in [6.45, 7) is -0.135. The summed E-state index contributed by atoms with van der Waals surface area (Å²) < 4.78 is 42.0. The van der Waals surface area contributed by atoms with Crippen LogP contribution in [0.15, 0.2) is 11.4 Å². The zero-order valence-corrected chi connectivity index (χ0v) is 7.91. The molecule has 1 aliphatic rings. The van der Waals surface area contributed by atoms with Crippen LogP contribution in [0.25, 0.3) is 0 Å². The highest BCUT2D eigenvalue weighted by Crippen LogP contribution is 2.29. The Morgan fingerprint density at radius 2 is 2.29 bits per heavy atom. The molecule has 0 saturated heterocycles. The van der Waals surface area contributed by atoms with E-state index in [4.69, 9.17) is 4.74 Å². The van der Waals surface area contributed by atoms with Crippen molar-refractivity contribution in [1.82, 2.24) is 5.32 Å². The molecule has 1 aromatic rings. The molecule has 0 saturated carbocycles. The summed E-state index contributed by atoms with van der Waals surface area (Å²) in [6.07, 6.45) is -4.24. The summed E-state index contributed by atoms with van der Waals surface area (Å²) in [6, 6.07) is 0.127.